The Kier molecular flexibility index (Phi) is 4.23. The molecule has 1 aliphatic rings. The van der Waals surface area contributed by atoms with Crippen molar-refractivity contribution in [1.82, 2.24) is 9.88 Å². The summed E-state index contributed by atoms with van der Waals surface area (Å²) >= 11 is 0. The van der Waals surface area contributed by atoms with Crippen molar-refractivity contribution in [3.05, 3.63) is 65.2 Å². The zero-order chi connectivity index (χ0) is 15.6. The highest BCUT2D eigenvalue weighted by atomic mass is 19.1. The lowest BCUT2D eigenvalue weighted by molar-refractivity contribution is -0.0308. The van der Waals surface area contributed by atoms with Crippen LogP contribution in [0.2, 0.25) is 0 Å². The summed E-state index contributed by atoms with van der Waals surface area (Å²) in [6.45, 7) is 4.48. The molecule has 0 spiro atoms. The van der Waals surface area contributed by atoms with Crippen molar-refractivity contribution in [3.63, 3.8) is 0 Å². The largest absolute Gasteiger partial charge is 0.385 e. The topological polar surface area (TPSA) is 36.4 Å². The molecule has 22 heavy (non-hydrogen) atoms. The maximum atomic E-state index is 13.8. The number of nitrogens with zero attached hydrogens (tertiary/aromatic N) is 2. The minimum absolute atomic E-state index is 0.325. The van der Waals surface area contributed by atoms with Gasteiger partial charge in [-0.2, -0.15) is 4.39 Å². The molecule has 1 aromatic carbocycles. The van der Waals surface area contributed by atoms with Crippen LogP contribution in [0.5, 0.6) is 0 Å². The lowest BCUT2D eigenvalue weighted by Crippen LogP contribution is -2.42. The van der Waals surface area contributed by atoms with Crippen molar-refractivity contribution in [3.8, 4) is 0 Å². The highest BCUT2D eigenvalue weighted by molar-refractivity contribution is 5.26. The minimum Gasteiger partial charge on any atom is -0.385 e. The fourth-order valence-electron chi connectivity index (χ4n) is 3.11. The van der Waals surface area contributed by atoms with Crippen molar-refractivity contribution in [2.45, 2.75) is 31.9 Å². The van der Waals surface area contributed by atoms with Gasteiger partial charge < -0.3 is 5.11 Å². The van der Waals surface area contributed by atoms with Gasteiger partial charge in [0.2, 0.25) is 5.95 Å². The first-order valence-corrected chi connectivity index (χ1v) is 7.69. The van der Waals surface area contributed by atoms with E-state index in [1.54, 1.807) is 12.1 Å². The average molecular weight is 300 g/mol. The van der Waals surface area contributed by atoms with Gasteiger partial charge in [-0.3, -0.25) is 4.90 Å². The molecule has 0 bridgehead atoms. The van der Waals surface area contributed by atoms with E-state index < -0.39 is 11.5 Å². The Balaban J connectivity index is 1.68. The van der Waals surface area contributed by atoms with Crippen LogP contribution >= 0.6 is 0 Å². The SMILES string of the molecule is Cc1ccccc1CN1CCC(O)(c2cccnc2F)CC1. The van der Waals surface area contributed by atoms with Crippen LogP contribution in [0.15, 0.2) is 42.6 Å². The number of rotatable bonds is 3. The summed E-state index contributed by atoms with van der Waals surface area (Å²) in [4.78, 5) is 5.97. The summed E-state index contributed by atoms with van der Waals surface area (Å²) in [6.07, 6.45) is 2.47. The Bertz CT molecular complexity index is 651. The lowest BCUT2D eigenvalue weighted by atomic mass is 9.85. The second-order valence-corrected chi connectivity index (χ2v) is 6.08. The first-order valence-electron chi connectivity index (χ1n) is 7.69. The lowest BCUT2D eigenvalue weighted by Gasteiger charge is -2.38. The molecule has 1 saturated heterocycles. The summed E-state index contributed by atoms with van der Waals surface area (Å²) in [7, 11) is 0. The molecule has 2 heterocycles. The maximum absolute atomic E-state index is 13.8. The molecule has 1 fully saturated rings. The molecule has 1 aromatic heterocycles. The molecule has 0 amide bonds. The number of hydrogen-bond donors (Lipinski definition) is 1. The van der Waals surface area contributed by atoms with E-state index in [4.69, 9.17) is 0 Å². The summed E-state index contributed by atoms with van der Waals surface area (Å²) in [5.41, 5.74) is 1.81. The summed E-state index contributed by atoms with van der Waals surface area (Å²) in [6, 6.07) is 11.7. The molecular weight excluding hydrogens is 279 g/mol. The van der Waals surface area contributed by atoms with E-state index in [0.29, 0.717) is 18.4 Å². The molecule has 0 aliphatic carbocycles. The molecule has 0 saturated carbocycles. The minimum atomic E-state index is -1.10. The number of hydrogen-bond acceptors (Lipinski definition) is 3. The molecule has 0 atom stereocenters. The van der Waals surface area contributed by atoms with Gasteiger partial charge >= 0.3 is 0 Å². The summed E-state index contributed by atoms with van der Waals surface area (Å²) in [5, 5.41) is 10.8. The van der Waals surface area contributed by atoms with E-state index >= 15 is 0 Å². The number of aryl methyl sites for hydroxylation is 1. The van der Waals surface area contributed by atoms with Crippen LogP contribution in [-0.4, -0.2) is 28.1 Å². The number of piperidine rings is 1. The van der Waals surface area contributed by atoms with Gasteiger partial charge in [0.25, 0.3) is 0 Å². The Hall–Kier alpha value is -1.78. The van der Waals surface area contributed by atoms with Gasteiger partial charge in [-0.1, -0.05) is 30.3 Å². The number of likely N-dealkylation sites (tertiary alicyclic amines) is 1. The number of aromatic nitrogens is 1. The maximum Gasteiger partial charge on any atom is 0.218 e. The second-order valence-electron chi connectivity index (χ2n) is 6.08. The first kappa shape index (κ1) is 15.1. The van der Waals surface area contributed by atoms with Gasteiger partial charge in [-0.25, -0.2) is 4.98 Å². The van der Waals surface area contributed by atoms with E-state index in [9.17, 15) is 9.50 Å². The van der Waals surface area contributed by atoms with Crippen LogP contribution in [0.25, 0.3) is 0 Å². The fourth-order valence-corrected chi connectivity index (χ4v) is 3.11. The third-order valence-corrected chi connectivity index (χ3v) is 4.60. The molecule has 4 heteroatoms. The number of aliphatic hydroxyl groups is 1. The van der Waals surface area contributed by atoms with Gasteiger partial charge in [0, 0.05) is 31.4 Å². The quantitative estimate of drug-likeness (QED) is 0.885. The van der Waals surface area contributed by atoms with Crippen LogP contribution in [0.3, 0.4) is 0 Å². The van der Waals surface area contributed by atoms with Gasteiger partial charge in [0.05, 0.1) is 5.60 Å². The molecule has 2 aromatic rings. The first-order chi connectivity index (χ1) is 10.6. The van der Waals surface area contributed by atoms with Crippen LogP contribution in [-0.2, 0) is 12.1 Å². The van der Waals surface area contributed by atoms with Crippen molar-refractivity contribution in [1.29, 1.82) is 0 Å². The Morgan fingerprint density at radius 1 is 1.18 bits per heavy atom. The molecule has 3 nitrogen and oxygen atoms in total. The smallest absolute Gasteiger partial charge is 0.218 e. The molecule has 3 rings (SSSR count). The number of benzene rings is 1. The van der Waals surface area contributed by atoms with E-state index in [1.807, 2.05) is 12.1 Å². The zero-order valence-corrected chi connectivity index (χ0v) is 12.8. The summed E-state index contributed by atoms with van der Waals surface area (Å²) < 4.78 is 13.8. The second kappa shape index (κ2) is 6.15. The molecule has 0 radical (unpaired) electrons. The zero-order valence-electron chi connectivity index (χ0n) is 12.8. The highest BCUT2D eigenvalue weighted by Gasteiger charge is 2.36. The molecular formula is C18H21FN2O. The van der Waals surface area contributed by atoms with E-state index in [2.05, 4.69) is 28.9 Å². The predicted molar refractivity (Wildman–Crippen MR) is 83.8 cm³/mol. The van der Waals surface area contributed by atoms with Gasteiger partial charge in [-0.05, 0) is 37.0 Å². The third kappa shape index (κ3) is 3.03. The van der Waals surface area contributed by atoms with E-state index in [0.717, 1.165) is 19.6 Å². The highest BCUT2D eigenvalue weighted by Crippen LogP contribution is 2.34. The molecule has 116 valence electrons. The van der Waals surface area contributed by atoms with Crippen molar-refractivity contribution >= 4 is 0 Å². The summed E-state index contributed by atoms with van der Waals surface area (Å²) in [5.74, 6) is -0.558. The van der Waals surface area contributed by atoms with E-state index in [1.165, 1.54) is 17.3 Å². The average Bonchev–Trinajstić information content (AvgIpc) is 2.52. The predicted octanol–water partition coefficient (Wildman–Crippen LogP) is 3.01. The fraction of sp³-hybridized carbons (Fsp3) is 0.389. The van der Waals surface area contributed by atoms with Crippen LogP contribution in [0.1, 0.15) is 29.5 Å². The molecule has 1 N–H and O–H groups in total. The third-order valence-electron chi connectivity index (χ3n) is 4.60. The van der Waals surface area contributed by atoms with Crippen molar-refractivity contribution in [2.75, 3.05) is 13.1 Å². The van der Waals surface area contributed by atoms with Gasteiger partial charge in [0.15, 0.2) is 0 Å². The van der Waals surface area contributed by atoms with Gasteiger partial charge in [-0.15, -0.1) is 0 Å². The number of halogens is 1. The Labute approximate surface area is 130 Å². The molecule has 0 unspecified atom stereocenters. The van der Waals surface area contributed by atoms with Gasteiger partial charge in [0.1, 0.15) is 0 Å². The van der Waals surface area contributed by atoms with Crippen LogP contribution in [0, 0.1) is 12.9 Å². The normalized spacial score (nSPS) is 18.3. The monoisotopic (exact) mass is 300 g/mol. The number of pyridine rings is 1. The standard InChI is InChI=1S/C18H21FN2O/c1-14-5-2-3-6-15(14)13-21-11-8-18(22,9-12-21)16-7-4-10-20-17(16)19/h2-7,10,22H,8-9,11-13H2,1H3. The van der Waals surface area contributed by atoms with Crippen molar-refractivity contribution < 1.29 is 9.50 Å². The van der Waals surface area contributed by atoms with Crippen molar-refractivity contribution in [2.24, 2.45) is 0 Å². The Morgan fingerprint density at radius 2 is 1.91 bits per heavy atom. The van der Waals surface area contributed by atoms with Crippen LogP contribution in [0.4, 0.5) is 4.39 Å². The van der Waals surface area contributed by atoms with E-state index in [-0.39, 0.29) is 0 Å². The Morgan fingerprint density at radius 3 is 2.59 bits per heavy atom. The molecule has 1 aliphatic heterocycles. The van der Waals surface area contributed by atoms with Crippen LogP contribution < -0.4 is 0 Å².